The highest BCUT2D eigenvalue weighted by Crippen LogP contribution is 2.32. The summed E-state index contributed by atoms with van der Waals surface area (Å²) in [7, 11) is 0. The number of rotatable bonds is 3. The second kappa shape index (κ2) is 6.59. The highest BCUT2D eigenvalue weighted by molar-refractivity contribution is 6.32. The summed E-state index contributed by atoms with van der Waals surface area (Å²) < 4.78 is 71.6. The van der Waals surface area contributed by atoms with Crippen LogP contribution in [0.25, 0.3) is 0 Å². The van der Waals surface area contributed by atoms with Crippen molar-refractivity contribution in [1.82, 2.24) is 0 Å². The van der Waals surface area contributed by atoms with Crippen LogP contribution in [-0.4, -0.2) is 0 Å². The Morgan fingerprint density at radius 3 is 1.83 bits per heavy atom. The number of halogens is 6. The van der Waals surface area contributed by atoms with Crippen LogP contribution in [0.4, 0.5) is 22.0 Å². The van der Waals surface area contributed by atoms with E-state index in [0.717, 1.165) is 5.56 Å². The van der Waals surface area contributed by atoms with E-state index < -0.39 is 41.3 Å². The van der Waals surface area contributed by atoms with Crippen LogP contribution < -0.4 is 4.74 Å². The van der Waals surface area contributed by atoms with Crippen LogP contribution in [0.3, 0.4) is 0 Å². The third-order valence-electron chi connectivity index (χ3n) is 3.47. The smallest absolute Gasteiger partial charge is 0.200 e. The first-order valence-corrected chi connectivity index (χ1v) is 7.35. The molecular formula is C17H14ClF5O. The van der Waals surface area contributed by atoms with Gasteiger partial charge in [-0.25, -0.2) is 22.0 Å². The van der Waals surface area contributed by atoms with Crippen molar-refractivity contribution in [3.63, 3.8) is 0 Å². The van der Waals surface area contributed by atoms with Crippen molar-refractivity contribution >= 4 is 11.6 Å². The zero-order valence-electron chi connectivity index (χ0n) is 13.1. The highest BCUT2D eigenvalue weighted by atomic mass is 35.5. The van der Waals surface area contributed by atoms with Gasteiger partial charge in [0.05, 0.1) is 10.6 Å². The van der Waals surface area contributed by atoms with Crippen LogP contribution in [-0.2, 0) is 12.0 Å². The van der Waals surface area contributed by atoms with E-state index in [2.05, 4.69) is 0 Å². The van der Waals surface area contributed by atoms with Crippen molar-refractivity contribution in [3.8, 4) is 5.75 Å². The van der Waals surface area contributed by atoms with Crippen LogP contribution in [0.2, 0.25) is 5.02 Å². The highest BCUT2D eigenvalue weighted by Gasteiger charge is 2.26. The van der Waals surface area contributed by atoms with E-state index in [1.165, 1.54) is 6.07 Å². The molecule has 0 radical (unpaired) electrons. The number of hydrogen-bond acceptors (Lipinski definition) is 1. The third-order valence-corrected chi connectivity index (χ3v) is 3.77. The first-order chi connectivity index (χ1) is 11.0. The molecule has 0 N–H and O–H groups in total. The Balaban J connectivity index is 2.30. The molecule has 0 aromatic heterocycles. The van der Waals surface area contributed by atoms with E-state index in [9.17, 15) is 22.0 Å². The van der Waals surface area contributed by atoms with E-state index in [1.807, 2.05) is 20.8 Å². The minimum Gasteiger partial charge on any atom is -0.487 e. The molecule has 0 aliphatic carbocycles. The van der Waals surface area contributed by atoms with E-state index in [-0.39, 0.29) is 16.2 Å². The molecule has 24 heavy (non-hydrogen) atoms. The molecule has 130 valence electrons. The minimum atomic E-state index is -2.21. The number of benzene rings is 2. The predicted molar refractivity (Wildman–Crippen MR) is 80.7 cm³/mol. The summed E-state index contributed by atoms with van der Waals surface area (Å²) in [5.41, 5.74) is -0.331. The molecule has 0 aliphatic heterocycles. The van der Waals surface area contributed by atoms with Crippen LogP contribution in [0.1, 0.15) is 31.9 Å². The molecule has 1 nitrogen and oxygen atoms in total. The van der Waals surface area contributed by atoms with Gasteiger partial charge in [0.1, 0.15) is 12.4 Å². The van der Waals surface area contributed by atoms with Gasteiger partial charge in [0.2, 0.25) is 5.82 Å². The van der Waals surface area contributed by atoms with E-state index in [4.69, 9.17) is 16.3 Å². The fraction of sp³-hybridized carbons (Fsp3) is 0.294. The molecule has 2 aromatic rings. The van der Waals surface area contributed by atoms with Gasteiger partial charge in [0.15, 0.2) is 23.3 Å². The molecule has 0 unspecified atom stereocenters. The average molecular weight is 365 g/mol. The maximum Gasteiger partial charge on any atom is 0.200 e. The molecule has 0 saturated carbocycles. The van der Waals surface area contributed by atoms with Crippen molar-refractivity contribution in [2.45, 2.75) is 32.8 Å². The topological polar surface area (TPSA) is 9.23 Å². The summed E-state index contributed by atoms with van der Waals surface area (Å²) in [4.78, 5) is 0. The Labute approximate surface area is 141 Å². The molecule has 0 bridgehead atoms. The fourth-order valence-corrected chi connectivity index (χ4v) is 2.25. The second-order valence-electron chi connectivity index (χ2n) is 6.23. The molecular weight excluding hydrogens is 351 g/mol. The molecule has 0 heterocycles. The molecule has 0 amide bonds. The van der Waals surface area contributed by atoms with E-state index in [1.54, 1.807) is 12.1 Å². The van der Waals surface area contributed by atoms with Gasteiger partial charge in [-0.15, -0.1) is 0 Å². The molecule has 0 aliphatic rings. The van der Waals surface area contributed by atoms with Gasteiger partial charge < -0.3 is 4.74 Å². The quantitative estimate of drug-likeness (QED) is 0.373. The molecule has 0 fully saturated rings. The largest absolute Gasteiger partial charge is 0.487 e. The Bertz CT molecular complexity index is 755. The van der Waals surface area contributed by atoms with Gasteiger partial charge in [-0.1, -0.05) is 38.4 Å². The molecule has 2 rings (SSSR count). The lowest BCUT2D eigenvalue weighted by atomic mass is 9.87. The Hall–Kier alpha value is -1.82. The lowest BCUT2D eigenvalue weighted by Gasteiger charge is -2.20. The molecule has 7 heteroatoms. The second-order valence-corrected chi connectivity index (χ2v) is 6.64. The van der Waals surface area contributed by atoms with Crippen molar-refractivity contribution in [2.24, 2.45) is 0 Å². The maximum atomic E-state index is 13.6. The van der Waals surface area contributed by atoms with Crippen LogP contribution in [0, 0.1) is 29.1 Å². The number of ether oxygens (including phenoxy) is 1. The monoisotopic (exact) mass is 364 g/mol. The molecule has 0 saturated heterocycles. The third kappa shape index (κ3) is 3.48. The zero-order chi connectivity index (χ0) is 18.2. The van der Waals surface area contributed by atoms with E-state index in [0.29, 0.717) is 0 Å². The van der Waals surface area contributed by atoms with Crippen molar-refractivity contribution in [3.05, 3.63) is 63.4 Å². The Morgan fingerprint density at radius 2 is 1.38 bits per heavy atom. The first kappa shape index (κ1) is 18.5. The fourth-order valence-electron chi connectivity index (χ4n) is 2.01. The maximum absolute atomic E-state index is 13.6. The van der Waals surface area contributed by atoms with Crippen LogP contribution in [0.5, 0.6) is 5.75 Å². The lowest BCUT2D eigenvalue weighted by molar-refractivity contribution is 0.279. The summed E-state index contributed by atoms with van der Waals surface area (Å²) in [6.07, 6.45) is 0. The summed E-state index contributed by atoms with van der Waals surface area (Å²) in [6.45, 7) is 5.05. The van der Waals surface area contributed by atoms with Crippen molar-refractivity contribution in [1.29, 1.82) is 0 Å². The summed E-state index contributed by atoms with van der Waals surface area (Å²) in [5, 5.41) is 0.172. The van der Waals surface area contributed by atoms with Crippen LogP contribution >= 0.6 is 11.6 Å². The van der Waals surface area contributed by atoms with Gasteiger partial charge in [0, 0.05) is 0 Å². The Kier molecular flexibility index (Phi) is 5.08. The van der Waals surface area contributed by atoms with Gasteiger partial charge in [0.25, 0.3) is 0 Å². The predicted octanol–water partition coefficient (Wildman–Crippen LogP) is 5.91. The Morgan fingerprint density at radius 1 is 0.875 bits per heavy atom. The zero-order valence-corrected chi connectivity index (χ0v) is 13.9. The van der Waals surface area contributed by atoms with Gasteiger partial charge >= 0.3 is 0 Å². The normalized spacial score (nSPS) is 11.7. The summed E-state index contributed by atoms with van der Waals surface area (Å²) in [6, 6.07) is 4.81. The van der Waals surface area contributed by atoms with Crippen molar-refractivity contribution < 1.29 is 26.7 Å². The van der Waals surface area contributed by atoms with Gasteiger partial charge in [-0.05, 0) is 23.1 Å². The summed E-state index contributed by atoms with van der Waals surface area (Å²) >= 11 is 6.05. The van der Waals surface area contributed by atoms with Crippen molar-refractivity contribution in [2.75, 3.05) is 0 Å². The first-order valence-electron chi connectivity index (χ1n) is 6.97. The standard InChI is InChI=1S/C17H14ClF5O/c1-17(2,3)8-4-5-11(10(18)6-8)24-7-9-12(19)14(21)16(23)15(22)13(9)20/h4-6H,7H2,1-3H3. The van der Waals surface area contributed by atoms with E-state index >= 15 is 0 Å². The lowest BCUT2D eigenvalue weighted by Crippen LogP contribution is -2.12. The van der Waals surface area contributed by atoms with Crippen LogP contribution in [0.15, 0.2) is 18.2 Å². The SMILES string of the molecule is CC(C)(C)c1ccc(OCc2c(F)c(F)c(F)c(F)c2F)c(Cl)c1. The molecule has 0 atom stereocenters. The van der Waals surface area contributed by atoms with Gasteiger partial charge in [-0.2, -0.15) is 0 Å². The minimum absolute atomic E-state index is 0.0774. The molecule has 0 spiro atoms. The number of hydrogen-bond donors (Lipinski definition) is 0. The van der Waals surface area contributed by atoms with Gasteiger partial charge in [-0.3, -0.25) is 0 Å². The average Bonchev–Trinajstić information content (AvgIpc) is 2.51. The summed E-state index contributed by atoms with van der Waals surface area (Å²) in [5.74, 6) is -10.00. The molecule has 2 aromatic carbocycles.